The average molecular weight is 798 g/mol. The lowest BCUT2D eigenvalue weighted by Crippen LogP contribution is -2.55. The van der Waals surface area contributed by atoms with E-state index in [9.17, 15) is 0 Å². The quantitative estimate of drug-likeness (QED) is 0.164. The van der Waals surface area contributed by atoms with Crippen molar-refractivity contribution in [3.63, 3.8) is 0 Å². The summed E-state index contributed by atoms with van der Waals surface area (Å²) < 4.78 is 11.3. The number of benzene rings is 8. The molecule has 4 heterocycles. The van der Waals surface area contributed by atoms with E-state index in [1.165, 1.54) is 66.8 Å². The van der Waals surface area contributed by atoms with Gasteiger partial charge in [-0.2, -0.15) is 0 Å². The molecule has 0 fully saturated rings. The number of rotatable bonds is 2. The van der Waals surface area contributed by atoms with Crippen molar-refractivity contribution in [2.75, 3.05) is 4.90 Å². The van der Waals surface area contributed by atoms with Gasteiger partial charge in [0.25, 0.3) is 5.56 Å². The van der Waals surface area contributed by atoms with Crippen LogP contribution in [0.4, 0.5) is 17.1 Å². The Balaban J connectivity index is 1.04. The van der Waals surface area contributed by atoms with Crippen LogP contribution in [0, 0.1) is 27.7 Å². The Bertz CT molecular complexity index is 3540. The molecule has 294 valence electrons. The molecule has 2 bridgehead atoms. The third-order valence-corrected chi connectivity index (χ3v) is 14.9. The predicted molar refractivity (Wildman–Crippen MR) is 252 cm³/mol. The minimum atomic E-state index is -0.358. The normalized spacial score (nSPS) is 16.5. The van der Waals surface area contributed by atoms with Crippen molar-refractivity contribution in [2.45, 2.75) is 46.0 Å². The third kappa shape index (κ3) is 4.27. The molecule has 15 rings (SSSR count). The first-order valence-electron chi connectivity index (χ1n) is 21.9. The summed E-state index contributed by atoms with van der Waals surface area (Å²) in [5, 5.41) is 0.775. The highest BCUT2D eigenvalue weighted by atomic mass is 16.5. The van der Waals surface area contributed by atoms with Crippen molar-refractivity contribution in [1.82, 2.24) is 9.27 Å². The van der Waals surface area contributed by atoms with Crippen LogP contribution in [0.1, 0.15) is 67.5 Å². The van der Waals surface area contributed by atoms with Gasteiger partial charge < -0.3 is 9.64 Å². The standard InChI is InChI=1S/C56H40BN3O2/c1-30-11-9-12-31(2)51(30)35-19-21-45-44(26-35)57-54-47(23-24-49-55(54)58(45)46-22-20-36(27-50(46)62-49)52-32(3)13-10-14-33(52)4)59-48-29-42-41(28-43(48)56(61)60(57)59)40-25-34-15-5-6-16-37(34)53(42)39-18-8-7-17-38(39)40/h5-24,26-29,40,53H,25H2,1-4H3. The summed E-state index contributed by atoms with van der Waals surface area (Å²) in [6.07, 6.45) is 0.923. The van der Waals surface area contributed by atoms with E-state index >= 15 is 4.79 Å². The molecule has 0 amide bonds. The number of hydrogen-bond acceptors (Lipinski definition) is 3. The van der Waals surface area contributed by atoms with Crippen LogP contribution in [-0.2, 0) is 6.42 Å². The van der Waals surface area contributed by atoms with Crippen molar-refractivity contribution in [3.8, 4) is 39.4 Å². The maximum atomic E-state index is 15.5. The molecular formula is C56H40BN3O2. The molecule has 2 atom stereocenters. The Hall–Kier alpha value is -7.31. The molecule has 0 saturated carbocycles. The van der Waals surface area contributed by atoms with E-state index in [-0.39, 0.29) is 24.2 Å². The van der Waals surface area contributed by atoms with E-state index in [1.807, 2.05) is 0 Å². The Kier molecular flexibility index (Phi) is 6.63. The second-order valence-electron chi connectivity index (χ2n) is 18.2. The lowest BCUT2D eigenvalue weighted by molar-refractivity contribution is 0.477. The summed E-state index contributed by atoms with van der Waals surface area (Å²) in [4.78, 5) is 17.9. The van der Waals surface area contributed by atoms with Crippen LogP contribution in [0.2, 0.25) is 0 Å². The summed E-state index contributed by atoms with van der Waals surface area (Å²) in [5.41, 5.74) is 25.1. The van der Waals surface area contributed by atoms with Crippen LogP contribution >= 0.6 is 0 Å². The summed E-state index contributed by atoms with van der Waals surface area (Å²) in [5.74, 6) is 1.89. The van der Waals surface area contributed by atoms with E-state index in [4.69, 9.17) is 4.74 Å². The summed E-state index contributed by atoms with van der Waals surface area (Å²) in [7, 11) is 0. The lowest BCUT2D eigenvalue weighted by Gasteiger charge is -2.39. The zero-order chi connectivity index (χ0) is 41.3. The monoisotopic (exact) mass is 797 g/mol. The molecule has 0 spiro atoms. The molecule has 1 aromatic heterocycles. The van der Waals surface area contributed by atoms with Crippen LogP contribution in [0.5, 0.6) is 11.5 Å². The van der Waals surface area contributed by atoms with Gasteiger partial charge >= 0.3 is 6.85 Å². The van der Waals surface area contributed by atoms with Gasteiger partial charge in [0.15, 0.2) is 11.5 Å². The zero-order valence-electron chi connectivity index (χ0n) is 35.0. The maximum Gasteiger partial charge on any atom is 0.357 e. The van der Waals surface area contributed by atoms with Gasteiger partial charge in [-0.25, -0.2) is 0 Å². The molecule has 6 aliphatic rings. The molecule has 5 nitrogen and oxygen atoms in total. The smallest absolute Gasteiger partial charge is 0.357 e. The van der Waals surface area contributed by atoms with Crippen molar-refractivity contribution in [1.29, 1.82) is 0 Å². The van der Waals surface area contributed by atoms with Crippen LogP contribution in [-0.4, -0.2) is 16.1 Å². The minimum Gasteiger partial charge on any atom is -0.453 e. The Morgan fingerprint density at radius 3 is 1.95 bits per heavy atom. The fourth-order valence-corrected chi connectivity index (χ4v) is 12.4. The van der Waals surface area contributed by atoms with Gasteiger partial charge in [0.05, 0.1) is 28.0 Å². The van der Waals surface area contributed by atoms with Crippen molar-refractivity contribution < 1.29 is 4.74 Å². The van der Waals surface area contributed by atoms with E-state index in [1.54, 1.807) is 0 Å². The Morgan fingerprint density at radius 1 is 0.565 bits per heavy atom. The number of anilines is 3. The number of ether oxygens (including phenoxy) is 1. The molecular weight excluding hydrogens is 757 g/mol. The lowest BCUT2D eigenvalue weighted by atomic mass is 9.48. The Morgan fingerprint density at radius 2 is 1.21 bits per heavy atom. The number of hydrogen-bond donors (Lipinski definition) is 0. The maximum absolute atomic E-state index is 15.5. The van der Waals surface area contributed by atoms with Gasteiger partial charge in [-0.05, 0) is 160 Å². The highest BCUT2D eigenvalue weighted by molar-refractivity contribution is 6.88. The largest absolute Gasteiger partial charge is 0.453 e. The van der Waals surface area contributed by atoms with Crippen LogP contribution in [0.15, 0.2) is 150 Å². The van der Waals surface area contributed by atoms with E-state index in [2.05, 4.69) is 187 Å². The number of nitrogens with zero attached hydrogens (tertiary/aromatic N) is 3. The van der Waals surface area contributed by atoms with Gasteiger partial charge in [0, 0.05) is 23.0 Å². The summed E-state index contributed by atoms with van der Waals surface area (Å²) in [6, 6.07) is 53.4. The fraction of sp³-hybridized carbons (Fsp3) is 0.125. The van der Waals surface area contributed by atoms with Gasteiger partial charge in [-0.15, -0.1) is 0 Å². The minimum absolute atomic E-state index is 0.0379. The number of aromatic nitrogens is 2. The van der Waals surface area contributed by atoms with Crippen molar-refractivity contribution in [3.05, 3.63) is 212 Å². The van der Waals surface area contributed by atoms with Gasteiger partial charge in [0.2, 0.25) is 0 Å². The first kappa shape index (κ1) is 34.4. The number of aryl methyl sites for hydroxylation is 4. The molecule has 0 radical (unpaired) electrons. The highest BCUT2D eigenvalue weighted by Gasteiger charge is 2.49. The van der Waals surface area contributed by atoms with Crippen LogP contribution in [0.3, 0.4) is 0 Å². The number of fused-ring (bicyclic) bond motifs is 10. The topological polar surface area (TPSA) is 39.4 Å². The van der Waals surface area contributed by atoms with Gasteiger partial charge in [-0.1, -0.05) is 103 Å². The molecule has 2 unspecified atom stereocenters. The van der Waals surface area contributed by atoms with E-state index < -0.39 is 0 Å². The molecule has 62 heavy (non-hydrogen) atoms. The third-order valence-electron chi connectivity index (χ3n) is 14.9. The Labute approximate surface area is 360 Å². The van der Waals surface area contributed by atoms with E-state index in [0.29, 0.717) is 0 Å². The molecule has 0 saturated heterocycles. The second-order valence-corrected chi connectivity index (χ2v) is 18.2. The molecule has 8 aromatic carbocycles. The molecule has 0 N–H and O–H groups in total. The summed E-state index contributed by atoms with van der Waals surface area (Å²) >= 11 is 0. The first-order valence-corrected chi connectivity index (χ1v) is 21.9. The SMILES string of the molecule is Cc1cccc(C)c1-c1ccc2c(c1)Oc1ccc3c4c1N2c1ccc(-c2c(C)cccc2C)cc1B4n1c(=O)c2cc4c(cc2n1-3)C1c2ccccc2CC4c2ccccc21. The molecule has 3 aliphatic carbocycles. The van der Waals surface area contributed by atoms with Gasteiger partial charge in [-0.3, -0.25) is 14.1 Å². The van der Waals surface area contributed by atoms with Gasteiger partial charge in [0.1, 0.15) is 0 Å². The average Bonchev–Trinajstić information content (AvgIpc) is 3.66. The van der Waals surface area contributed by atoms with Crippen LogP contribution in [0.25, 0.3) is 38.8 Å². The second kappa shape index (κ2) is 12.0. The first-order chi connectivity index (χ1) is 30.3. The predicted octanol–water partition coefficient (Wildman–Crippen LogP) is 11.4. The fourth-order valence-electron chi connectivity index (χ4n) is 12.4. The molecule has 6 heteroatoms. The summed E-state index contributed by atoms with van der Waals surface area (Å²) in [6.45, 7) is 8.38. The van der Waals surface area contributed by atoms with E-state index in [0.717, 1.165) is 73.6 Å². The molecule has 9 aromatic rings. The van der Waals surface area contributed by atoms with Crippen molar-refractivity contribution >= 4 is 45.7 Å². The highest BCUT2D eigenvalue weighted by Crippen LogP contribution is 2.55. The van der Waals surface area contributed by atoms with Crippen molar-refractivity contribution in [2.24, 2.45) is 0 Å². The molecule has 3 aliphatic heterocycles. The van der Waals surface area contributed by atoms with Crippen LogP contribution < -0.4 is 26.1 Å². The zero-order valence-corrected chi connectivity index (χ0v) is 35.0.